The first-order valence-corrected chi connectivity index (χ1v) is 8.15. The summed E-state index contributed by atoms with van der Waals surface area (Å²) in [5, 5.41) is 11.4. The number of methoxy groups -OCH3 is 2. The molecule has 1 N–H and O–H groups in total. The molecule has 5 heteroatoms. The summed E-state index contributed by atoms with van der Waals surface area (Å²) in [6.45, 7) is 0. The molecule has 0 spiro atoms. The topological polar surface area (TPSA) is 55.8 Å². The van der Waals surface area contributed by atoms with Gasteiger partial charge >= 0.3 is 5.97 Å². The Hall–Kier alpha value is -2.79. The van der Waals surface area contributed by atoms with Crippen LogP contribution in [0.2, 0.25) is 0 Å². The lowest BCUT2D eigenvalue weighted by atomic mass is 9.96. The summed E-state index contributed by atoms with van der Waals surface area (Å²) in [4.78, 5) is 12.0. The molecular weight excluding hydrogens is 324 g/mol. The van der Waals surface area contributed by atoms with Crippen LogP contribution in [0.1, 0.15) is 9.67 Å². The third-order valence-corrected chi connectivity index (χ3v) is 4.69. The highest BCUT2D eigenvalue weighted by atomic mass is 32.1. The number of hydrogen-bond acceptors (Lipinski definition) is 4. The van der Waals surface area contributed by atoms with E-state index in [0.29, 0.717) is 16.2 Å². The van der Waals surface area contributed by atoms with Gasteiger partial charge < -0.3 is 14.6 Å². The van der Waals surface area contributed by atoms with Gasteiger partial charge in [0, 0.05) is 16.5 Å². The lowest BCUT2D eigenvalue weighted by Gasteiger charge is -2.09. The SMILES string of the molecule is COc1cccc(-c2csc(C(=O)O)c2-c2cccc(OC)c2)c1. The highest BCUT2D eigenvalue weighted by Gasteiger charge is 2.20. The van der Waals surface area contributed by atoms with Gasteiger partial charge in [0.2, 0.25) is 0 Å². The second kappa shape index (κ2) is 6.76. The molecule has 122 valence electrons. The van der Waals surface area contributed by atoms with Crippen molar-refractivity contribution in [2.75, 3.05) is 14.2 Å². The van der Waals surface area contributed by atoms with E-state index >= 15 is 0 Å². The van der Waals surface area contributed by atoms with Crippen molar-refractivity contribution in [1.29, 1.82) is 0 Å². The van der Waals surface area contributed by atoms with E-state index < -0.39 is 5.97 Å². The van der Waals surface area contributed by atoms with Gasteiger partial charge in [-0.25, -0.2) is 4.79 Å². The summed E-state index contributed by atoms with van der Waals surface area (Å²) in [7, 11) is 3.20. The van der Waals surface area contributed by atoms with Gasteiger partial charge in [0.25, 0.3) is 0 Å². The number of rotatable bonds is 5. The average molecular weight is 340 g/mol. The third-order valence-electron chi connectivity index (χ3n) is 3.72. The van der Waals surface area contributed by atoms with E-state index in [-0.39, 0.29) is 0 Å². The maximum Gasteiger partial charge on any atom is 0.346 e. The fourth-order valence-electron chi connectivity index (χ4n) is 2.58. The second-order valence-electron chi connectivity index (χ2n) is 5.12. The molecule has 24 heavy (non-hydrogen) atoms. The van der Waals surface area contributed by atoms with Crippen LogP contribution in [0.25, 0.3) is 22.3 Å². The highest BCUT2D eigenvalue weighted by Crippen LogP contribution is 2.41. The van der Waals surface area contributed by atoms with E-state index in [2.05, 4.69) is 0 Å². The number of carboxylic acid groups (broad SMARTS) is 1. The number of ether oxygens (including phenoxy) is 2. The van der Waals surface area contributed by atoms with Crippen molar-refractivity contribution in [3.63, 3.8) is 0 Å². The summed E-state index contributed by atoms with van der Waals surface area (Å²) in [6, 6.07) is 15.0. The maximum atomic E-state index is 11.7. The smallest absolute Gasteiger partial charge is 0.346 e. The molecule has 2 aromatic carbocycles. The van der Waals surface area contributed by atoms with Crippen LogP contribution in [0.15, 0.2) is 53.9 Å². The van der Waals surface area contributed by atoms with Gasteiger partial charge in [-0.3, -0.25) is 0 Å². The Morgan fingerprint density at radius 1 is 0.958 bits per heavy atom. The average Bonchev–Trinajstić information content (AvgIpc) is 3.07. The van der Waals surface area contributed by atoms with Gasteiger partial charge in [0.1, 0.15) is 16.4 Å². The molecule has 3 rings (SSSR count). The maximum absolute atomic E-state index is 11.7. The Balaban J connectivity index is 2.22. The van der Waals surface area contributed by atoms with Crippen molar-refractivity contribution >= 4 is 17.3 Å². The molecule has 4 nitrogen and oxygen atoms in total. The Morgan fingerprint density at radius 3 is 2.12 bits per heavy atom. The molecule has 0 fully saturated rings. The molecule has 3 aromatic rings. The van der Waals surface area contributed by atoms with Gasteiger partial charge in [-0.05, 0) is 35.4 Å². The largest absolute Gasteiger partial charge is 0.497 e. The van der Waals surface area contributed by atoms with Crippen LogP contribution >= 0.6 is 11.3 Å². The molecule has 0 saturated heterocycles. The fourth-order valence-corrected chi connectivity index (χ4v) is 3.52. The Morgan fingerprint density at radius 2 is 1.54 bits per heavy atom. The molecule has 0 aliphatic rings. The molecule has 0 radical (unpaired) electrons. The first kappa shape index (κ1) is 16.1. The normalized spacial score (nSPS) is 10.4. The van der Waals surface area contributed by atoms with E-state index in [4.69, 9.17) is 9.47 Å². The zero-order chi connectivity index (χ0) is 17.1. The predicted molar refractivity (Wildman–Crippen MR) is 95.3 cm³/mol. The van der Waals surface area contributed by atoms with Crippen LogP contribution in [-0.4, -0.2) is 25.3 Å². The molecule has 0 aliphatic carbocycles. The number of carbonyl (C=O) groups is 1. The zero-order valence-corrected chi connectivity index (χ0v) is 14.1. The monoisotopic (exact) mass is 340 g/mol. The first-order chi connectivity index (χ1) is 11.6. The van der Waals surface area contributed by atoms with E-state index in [1.54, 1.807) is 14.2 Å². The van der Waals surface area contributed by atoms with Gasteiger partial charge in [-0.1, -0.05) is 24.3 Å². The molecule has 0 amide bonds. The summed E-state index contributed by atoms with van der Waals surface area (Å²) in [6.07, 6.45) is 0. The van der Waals surface area contributed by atoms with Crippen LogP contribution in [0, 0.1) is 0 Å². The molecule has 0 aliphatic heterocycles. The van der Waals surface area contributed by atoms with Crippen LogP contribution in [0.4, 0.5) is 0 Å². The van der Waals surface area contributed by atoms with Crippen LogP contribution in [-0.2, 0) is 0 Å². The molecule has 0 bridgehead atoms. The van der Waals surface area contributed by atoms with Gasteiger partial charge in [-0.15, -0.1) is 11.3 Å². The van der Waals surface area contributed by atoms with Crippen LogP contribution < -0.4 is 9.47 Å². The molecule has 1 aromatic heterocycles. The van der Waals surface area contributed by atoms with Crippen molar-refractivity contribution in [1.82, 2.24) is 0 Å². The summed E-state index contributed by atoms with van der Waals surface area (Å²) in [5.41, 5.74) is 3.28. The summed E-state index contributed by atoms with van der Waals surface area (Å²) >= 11 is 1.22. The Bertz CT molecular complexity index is 883. The number of carboxylic acids is 1. The number of benzene rings is 2. The molecule has 0 saturated carbocycles. The molecule has 0 atom stereocenters. The molecule has 1 heterocycles. The van der Waals surface area contributed by atoms with E-state index in [0.717, 1.165) is 22.4 Å². The Labute approximate surface area is 143 Å². The lowest BCUT2D eigenvalue weighted by molar-refractivity contribution is 0.0703. The van der Waals surface area contributed by atoms with E-state index in [1.165, 1.54) is 11.3 Å². The van der Waals surface area contributed by atoms with Crippen molar-refractivity contribution in [2.24, 2.45) is 0 Å². The van der Waals surface area contributed by atoms with Crippen molar-refractivity contribution in [2.45, 2.75) is 0 Å². The zero-order valence-electron chi connectivity index (χ0n) is 13.3. The number of thiophene rings is 1. The standard InChI is InChI=1S/C19H16O4S/c1-22-14-7-3-5-12(9-14)16-11-24-18(19(20)21)17(16)13-6-4-8-15(10-13)23-2/h3-11H,1-2H3,(H,20,21). The number of aromatic carboxylic acids is 1. The van der Waals surface area contributed by atoms with Crippen LogP contribution in [0.5, 0.6) is 11.5 Å². The van der Waals surface area contributed by atoms with Crippen molar-refractivity contribution in [3.8, 4) is 33.8 Å². The van der Waals surface area contributed by atoms with Crippen molar-refractivity contribution in [3.05, 3.63) is 58.8 Å². The van der Waals surface area contributed by atoms with Crippen LogP contribution in [0.3, 0.4) is 0 Å². The molecular formula is C19H16O4S. The van der Waals surface area contributed by atoms with E-state index in [9.17, 15) is 9.90 Å². The fraction of sp³-hybridized carbons (Fsp3) is 0.105. The van der Waals surface area contributed by atoms with Gasteiger partial charge in [0.05, 0.1) is 14.2 Å². The van der Waals surface area contributed by atoms with Gasteiger partial charge in [0.15, 0.2) is 0 Å². The molecule has 0 unspecified atom stereocenters. The minimum absolute atomic E-state index is 0.307. The number of hydrogen-bond donors (Lipinski definition) is 1. The first-order valence-electron chi connectivity index (χ1n) is 7.27. The quantitative estimate of drug-likeness (QED) is 0.725. The lowest BCUT2D eigenvalue weighted by Crippen LogP contribution is -1.96. The van der Waals surface area contributed by atoms with Gasteiger partial charge in [-0.2, -0.15) is 0 Å². The van der Waals surface area contributed by atoms with Crippen molar-refractivity contribution < 1.29 is 19.4 Å². The predicted octanol–water partition coefficient (Wildman–Crippen LogP) is 4.80. The minimum Gasteiger partial charge on any atom is -0.497 e. The Kier molecular flexibility index (Phi) is 4.53. The highest BCUT2D eigenvalue weighted by molar-refractivity contribution is 7.13. The summed E-state index contributed by atoms with van der Waals surface area (Å²) in [5.74, 6) is 0.478. The second-order valence-corrected chi connectivity index (χ2v) is 6.00. The third kappa shape index (κ3) is 2.98. The minimum atomic E-state index is -0.938. The van der Waals surface area contributed by atoms with E-state index in [1.807, 2.05) is 53.9 Å². The summed E-state index contributed by atoms with van der Waals surface area (Å²) < 4.78 is 10.6.